The summed E-state index contributed by atoms with van der Waals surface area (Å²) in [6, 6.07) is 5.36. The van der Waals surface area contributed by atoms with Gasteiger partial charge in [0.2, 0.25) is 0 Å². The second-order valence-corrected chi connectivity index (χ2v) is 3.78. The Hall–Kier alpha value is -1.97. The van der Waals surface area contributed by atoms with Gasteiger partial charge in [-0.05, 0) is 36.2 Å². The van der Waals surface area contributed by atoms with Gasteiger partial charge in [-0.3, -0.25) is 4.98 Å². The van der Waals surface area contributed by atoms with Crippen LogP contribution in [-0.4, -0.2) is 4.98 Å². The first-order chi connectivity index (χ1) is 8.16. The minimum absolute atomic E-state index is 0.287. The van der Waals surface area contributed by atoms with Crippen molar-refractivity contribution < 1.29 is 8.78 Å². The summed E-state index contributed by atoms with van der Waals surface area (Å²) in [6.45, 7) is 2.42. The summed E-state index contributed by atoms with van der Waals surface area (Å²) >= 11 is 0. The van der Waals surface area contributed by atoms with Crippen molar-refractivity contribution in [1.82, 2.24) is 4.98 Å². The van der Waals surface area contributed by atoms with Gasteiger partial charge in [-0.1, -0.05) is 0 Å². The Bertz CT molecular complexity index is 527. The molecule has 1 aromatic heterocycles. The monoisotopic (exact) mass is 234 g/mol. The zero-order chi connectivity index (χ0) is 12.3. The van der Waals surface area contributed by atoms with E-state index in [1.54, 1.807) is 12.4 Å². The Balaban J connectivity index is 2.10. The number of aryl methyl sites for hydroxylation is 1. The Labute approximate surface area is 98.3 Å². The number of halogens is 2. The van der Waals surface area contributed by atoms with E-state index in [1.165, 1.54) is 12.1 Å². The molecule has 4 heteroatoms. The van der Waals surface area contributed by atoms with Crippen molar-refractivity contribution in [3.63, 3.8) is 0 Å². The number of anilines is 1. The van der Waals surface area contributed by atoms with Crippen molar-refractivity contribution >= 4 is 5.69 Å². The highest BCUT2D eigenvalue weighted by Gasteiger charge is 2.04. The third-order valence-electron chi connectivity index (χ3n) is 2.55. The van der Waals surface area contributed by atoms with Crippen molar-refractivity contribution in [3.8, 4) is 0 Å². The molecule has 1 N–H and O–H groups in total. The van der Waals surface area contributed by atoms with Crippen LogP contribution in [0.25, 0.3) is 0 Å². The van der Waals surface area contributed by atoms with E-state index in [0.29, 0.717) is 6.54 Å². The van der Waals surface area contributed by atoms with Crippen molar-refractivity contribution in [1.29, 1.82) is 0 Å². The molecule has 17 heavy (non-hydrogen) atoms. The SMILES string of the molecule is Cc1ccncc1CNc1ccc(F)cc1F. The molecule has 2 rings (SSSR count). The van der Waals surface area contributed by atoms with Crippen LogP contribution >= 0.6 is 0 Å². The molecular weight excluding hydrogens is 222 g/mol. The van der Waals surface area contributed by atoms with Gasteiger partial charge in [0.1, 0.15) is 11.6 Å². The number of rotatable bonds is 3. The lowest BCUT2D eigenvalue weighted by Crippen LogP contribution is -2.03. The lowest BCUT2D eigenvalue weighted by molar-refractivity contribution is 0.585. The van der Waals surface area contributed by atoms with Gasteiger partial charge in [-0.25, -0.2) is 8.78 Å². The molecule has 0 saturated carbocycles. The van der Waals surface area contributed by atoms with E-state index < -0.39 is 11.6 Å². The quantitative estimate of drug-likeness (QED) is 0.881. The fourth-order valence-electron chi connectivity index (χ4n) is 1.51. The molecule has 88 valence electrons. The van der Waals surface area contributed by atoms with Gasteiger partial charge in [-0.15, -0.1) is 0 Å². The number of aromatic nitrogens is 1. The van der Waals surface area contributed by atoms with Gasteiger partial charge in [0, 0.05) is 25.0 Å². The zero-order valence-corrected chi connectivity index (χ0v) is 9.37. The van der Waals surface area contributed by atoms with Gasteiger partial charge >= 0.3 is 0 Å². The standard InChI is InChI=1S/C13H12F2N2/c1-9-4-5-16-7-10(9)8-17-13-3-2-11(14)6-12(13)15/h2-7,17H,8H2,1H3. The van der Waals surface area contributed by atoms with Crippen molar-refractivity contribution in [2.45, 2.75) is 13.5 Å². The van der Waals surface area contributed by atoms with Gasteiger partial charge in [0.15, 0.2) is 0 Å². The first-order valence-electron chi connectivity index (χ1n) is 5.25. The van der Waals surface area contributed by atoms with E-state index in [-0.39, 0.29) is 5.69 Å². The molecule has 0 amide bonds. The number of nitrogens with zero attached hydrogens (tertiary/aromatic N) is 1. The Kier molecular flexibility index (Phi) is 3.32. The minimum atomic E-state index is -0.591. The summed E-state index contributed by atoms with van der Waals surface area (Å²) in [5.74, 6) is -1.17. The summed E-state index contributed by atoms with van der Waals surface area (Å²) in [4.78, 5) is 4.00. The molecule has 0 saturated heterocycles. The number of benzene rings is 1. The van der Waals surface area contributed by atoms with E-state index in [1.807, 2.05) is 13.0 Å². The maximum atomic E-state index is 13.3. The molecule has 0 unspecified atom stereocenters. The summed E-state index contributed by atoms with van der Waals surface area (Å²) in [5.41, 5.74) is 2.35. The van der Waals surface area contributed by atoms with E-state index in [2.05, 4.69) is 10.3 Å². The fourth-order valence-corrected chi connectivity index (χ4v) is 1.51. The van der Waals surface area contributed by atoms with Crippen LogP contribution in [0.4, 0.5) is 14.5 Å². The fraction of sp³-hybridized carbons (Fsp3) is 0.154. The van der Waals surface area contributed by atoms with Crippen LogP contribution in [0.5, 0.6) is 0 Å². The van der Waals surface area contributed by atoms with Crippen LogP contribution < -0.4 is 5.32 Å². The van der Waals surface area contributed by atoms with E-state index in [4.69, 9.17) is 0 Å². The largest absolute Gasteiger partial charge is 0.379 e. The number of pyridine rings is 1. The van der Waals surface area contributed by atoms with Crippen LogP contribution in [0.1, 0.15) is 11.1 Å². The minimum Gasteiger partial charge on any atom is -0.379 e. The molecule has 1 heterocycles. The maximum Gasteiger partial charge on any atom is 0.149 e. The highest BCUT2D eigenvalue weighted by atomic mass is 19.1. The van der Waals surface area contributed by atoms with E-state index in [0.717, 1.165) is 17.2 Å². The maximum absolute atomic E-state index is 13.3. The molecule has 1 aromatic carbocycles. The smallest absolute Gasteiger partial charge is 0.149 e. The lowest BCUT2D eigenvalue weighted by Gasteiger charge is -2.09. The third kappa shape index (κ3) is 2.78. The van der Waals surface area contributed by atoms with Crippen LogP contribution in [0.3, 0.4) is 0 Å². The molecule has 2 aromatic rings. The van der Waals surface area contributed by atoms with Gasteiger partial charge in [0.05, 0.1) is 5.69 Å². The second-order valence-electron chi connectivity index (χ2n) is 3.78. The average Bonchev–Trinajstić information content (AvgIpc) is 2.30. The highest BCUT2D eigenvalue weighted by molar-refractivity contribution is 5.45. The first-order valence-corrected chi connectivity index (χ1v) is 5.25. The van der Waals surface area contributed by atoms with Crippen LogP contribution in [0, 0.1) is 18.6 Å². The number of hydrogen-bond acceptors (Lipinski definition) is 2. The van der Waals surface area contributed by atoms with E-state index in [9.17, 15) is 8.78 Å². The molecule has 0 spiro atoms. The van der Waals surface area contributed by atoms with Crippen LogP contribution in [0.2, 0.25) is 0 Å². The topological polar surface area (TPSA) is 24.9 Å². The highest BCUT2D eigenvalue weighted by Crippen LogP contribution is 2.16. The van der Waals surface area contributed by atoms with Crippen LogP contribution in [0.15, 0.2) is 36.7 Å². The summed E-state index contributed by atoms with van der Waals surface area (Å²) < 4.78 is 26.0. The Morgan fingerprint density at radius 1 is 1.24 bits per heavy atom. The first kappa shape index (κ1) is 11.5. The third-order valence-corrected chi connectivity index (χ3v) is 2.55. The summed E-state index contributed by atoms with van der Waals surface area (Å²) in [7, 11) is 0. The Morgan fingerprint density at radius 3 is 2.76 bits per heavy atom. The van der Waals surface area contributed by atoms with Gasteiger partial charge < -0.3 is 5.32 Å². The molecule has 2 nitrogen and oxygen atoms in total. The van der Waals surface area contributed by atoms with Crippen molar-refractivity contribution in [3.05, 3.63) is 59.4 Å². The van der Waals surface area contributed by atoms with Crippen molar-refractivity contribution in [2.24, 2.45) is 0 Å². The summed E-state index contributed by atoms with van der Waals surface area (Å²) in [5, 5.41) is 2.92. The molecule has 0 bridgehead atoms. The Morgan fingerprint density at radius 2 is 2.06 bits per heavy atom. The van der Waals surface area contributed by atoms with Crippen molar-refractivity contribution in [2.75, 3.05) is 5.32 Å². The molecule has 0 aliphatic rings. The van der Waals surface area contributed by atoms with Gasteiger partial charge in [-0.2, -0.15) is 0 Å². The normalized spacial score (nSPS) is 10.3. The van der Waals surface area contributed by atoms with Gasteiger partial charge in [0.25, 0.3) is 0 Å². The lowest BCUT2D eigenvalue weighted by atomic mass is 10.1. The predicted octanol–water partition coefficient (Wildman–Crippen LogP) is 3.28. The number of hydrogen-bond donors (Lipinski definition) is 1. The predicted molar refractivity (Wildman–Crippen MR) is 62.7 cm³/mol. The molecule has 0 atom stereocenters. The number of nitrogens with one attached hydrogen (secondary N) is 1. The van der Waals surface area contributed by atoms with E-state index >= 15 is 0 Å². The average molecular weight is 234 g/mol. The summed E-state index contributed by atoms with van der Waals surface area (Å²) in [6.07, 6.45) is 3.43. The molecule has 0 aliphatic carbocycles. The molecule has 0 radical (unpaired) electrons. The molecular formula is C13H12F2N2. The molecule has 0 aliphatic heterocycles. The van der Waals surface area contributed by atoms with Crippen LogP contribution in [-0.2, 0) is 6.54 Å². The molecule has 0 fully saturated rings. The zero-order valence-electron chi connectivity index (χ0n) is 9.37. The second kappa shape index (κ2) is 4.91.